The van der Waals surface area contributed by atoms with Gasteiger partial charge in [-0.1, -0.05) is 25.1 Å². The van der Waals surface area contributed by atoms with Crippen molar-refractivity contribution in [2.24, 2.45) is 5.73 Å². The van der Waals surface area contributed by atoms with E-state index in [9.17, 15) is 0 Å². The number of nitrogens with two attached hydrogens (primary N) is 1. The van der Waals surface area contributed by atoms with Gasteiger partial charge in [0.15, 0.2) is 0 Å². The van der Waals surface area contributed by atoms with Crippen molar-refractivity contribution >= 4 is 0 Å². The van der Waals surface area contributed by atoms with Crippen molar-refractivity contribution in [3.05, 3.63) is 34.9 Å². The van der Waals surface area contributed by atoms with E-state index in [0.717, 1.165) is 12.8 Å². The normalized spacial score (nSPS) is 12.9. The average molecular weight is 177 g/mol. The smallest absolute Gasteiger partial charge is 0.00768 e. The Balaban J connectivity index is 2.87. The highest BCUT2D eigenvalue weighted by Crippen LogP contribution is 2.15. The molecule has 0 fully saturated rings. The third-order valence-electron chi connectivity index (χ3n) is 2.64. The third kappa shape index (κ3) is 2.56. The van der Waals surface area contributed by atoms with Crippen LogP contribution < -0.4 is 5.73 Å². The fraction of sp³-hybridized carbons (Fsp3) is 0.500. The molecular formula is C12H19N. The Labute approximate surface area is 81.0 Å². The molecule has 13 heavy (non-hydrogen) atoms. The van der Waals surface area contributed by atoms with Crippen LogP contribution in [0.5, 0.6) is 0 Å². The Morgan fingerprint density at radius 3 is 2.23 bits per heavy atom. The van der Waals surface area contributed by atoms with E-state index in [1.807, 2.05) is 0 Å². The molecule has 0 saturated heterocycles. The summed E-state index contributed by atoms with van der Waals surface area (Å²) in [6.45, 7) is 6.45. The van der Waals surface area contributed by atoms with Gasteiger partial charge in [0.1, 0.15) is 0 Å². The molecule has 0 heterocycles. The van der Waals surface area contributed by atoms with E-state index in [1.54, 1.807) is 0 Å². The summed E-state index contributed by atoms with van der Waals surface area (Å²) in [6, 6.07) is 6.72. The summed E-state index contributed by atoms with van der Waals surface area (Å²) in [4.78, 5) is 0. The van der Waals surface area contributed by atoms with Crippen LogP contribution >= 0.6 is 0 Å². The second kappa shape index (κ2) is 4.43. The number of benzene rings is 1. The first-order valence-corrected chi connectivity index (χ1v) is 4.95. The largest absolute Gasteiger partial charge is 0.327 e. The predicted octanol–water partition coefficient (Wildman–Crippen LogP) is 2.58. The topological polar surface area (TPSA) is 26.0 Å². The second-order valence-corrected chi connectivity index (χ2v) is 3.74. The summed E-state index contributed by atoms with van der Waals surface area (Å²) in [5, 5.41) is 0. The van der Waals surface area contributed by atoms with E-state index >= 15 is 0 Å². The SMILES string of the molecule is CCC(N)Cc1c(C)cccc1C. The molecule has 1 atom stereocenters. The van der Waals surface area contributed by atoms with Gasteiger partial charge in [0.25, 0.3) is 0 Å². The van der Waals surface area contributed by atoms with Gasteiger partial charge >= 0.3 is 0 Å². The van der Waals surface area contributed by atoms with Gasteiger partial charge < -0.3 is 5.73 Å². The Bertz CT molecular complexity index is 258. The fourth-order valence-electron chi connectivity index (χ4n) is 1.58. The van der Waals surface area contributed by atoms with Crippen LogP contribution in [0.1, 0.15) is 30.0 Å². The van der Waals surface area contributed by atoms with Gasteiger partial charge in [-0.05, 0) is 43.4 Å². The molecule has 0 aliphatic rings. The first-order valence-electron chi connectivity index (χ1n) is 4.95. The van der Waals surface area contributed by atoms with E-state index in [4.69, 9.17) is 5.73 Å². The summed E-state index contributed by atoms with van der Waals surface area (Å²) >= 11 is 0. The maximum absolute atomic E-state index is 5.94. The van der Waals surface area contributed by atoms with E-state index in [1.165, 1.54) is 16.7 Å². The Morgan fingerprint density at radius 1 is 1.23 bits per heavy atom. The zero-order chi connectivity index (χ0) is 9.84. The van der Waals surface area contributed by atoms with E-state index < -0.39 is 0 Å². The molecule has 2 N–H and O–H groups in total. The highest BCUT2D eigenvalue weighted by Gasteiger charge is 2.06. The standard InChI is InChI=1S/C12H19N/c1-4-11(13)8-12-9(2)6-5-7-10(12)3/h5-7,11H,4,8,13H2,1-3H3. The van der Waals surface area contributed by atoms with Crippen molar-refractivity contribution in [2.45, 2.75) is 39.7 Å². The summed E-state index contributed by atoms with van der Waals surface area (Å²) < 4.78 is 0. The van der Waals surface area contributed by atoms with Crippen molar-refractivity contribution in [1.29, 1.82) is 0 Å². The molecular weight excluding hydrogens is 158 g/mol. The van der Waals surface area contributed by atoms with Gasteiger partial charge in [-0.3, -0.25) is 0 Å². The van der Waals surface area contributed by atoms with Crippen molar-refractivity contribution in [3.63, 3.8) is 0 Å². The number of hydrogen-bond donors (Lipinski definition) is 1. The van der Waals surface area contributed by atoms with Crippen molar-refractivity contribution in [2.75, 3.05) is 0 Å². The average Bonchev–Trinajstić information content (AvgIpc) is 2.11. The van der Waals surface area contributed by atoms with Crippen molar-refractivity contribution in [1.82, 2.24) is 0 Å². The Kier molecular flexibility index (Phi) is 3.49. The molecule has 0 aromatic heterocycles. The molecule has 1 aromatic rings. The zero-order valence-corrected chi connectivity index (χ0v) is 8.80. The highest BCUT2D eigenvalue weighted by molar-refractivity contribution is 5.34. The van der Waals surface area contributed by atoms with Crippen LogP contribution in [0.25, 0.3) is 0 Å². The number of rotatable bonds is 3. The zero-order valence-electron chi connectivity index (χ0n) is 8.80. The maximum Gasteiger partial charge on any atom is 0.00768 e. The molecule has 0 saturated carbocycles. The fourth-order valence-corrected chi connectivity index (χ4v) is 1.58. The quantitative estimate of drug-likeness (QED) is 0.754. The lowest BCUT2D eigenvalue weighted by atomic mass is 9.96. The first kappa shape index (κ1) is 10.3. The highest BCUT2D eigenvalue weighted by atomic mass is 14.6. The minimum Gasteiger partial charge on any atom is -0.327 e. The lowest BCUT2D eigenvalue weighted by Gasteiger charge is -2.13. The van der Waals surface area contributed by atoms with Crippen LogP contribution in [0.4, 0.5) is 0 Å². The van der Waals surface area contributed by atoms with Crippen molar-refractivity contribution < 1.29 is 0 Å². The minimum absolute atomic E-state index is 0.305. The first-order chi connectivity index (χ1) is 6.15. The molecule has 0 amide bonds. The van der Waals surface area contributed by atoms with Crippen molar-refractivity contribution in [3.8, 4) is 0 Å². The lowest BCUT2D eigenvalue weighted by molar-refractivity contribution is 0.642. The Hall–Kier alpha value is -0.820. The van der Waals surface area contributed by atoms with E-state index in [-0.39, 0.29) is 0 Å². The molecule has 0 spiro atoms. The van der Waals surface area contributed by atoms with Crippen LogP contribution in [0.2, 0.25) is 0 Å². The van der Waals surface area contributed by atoms with Gasteiger partial charge in [-0.2, -0.15) is 0 Å². The summed E-state index contributed by atoms with van der Waals surface area (Å²) in [5.74, 6) is 0. The molecule has 1 rings (SSSR count). The predicted molar refractivity (Wildman–Crippen MR) is 57.9 cm³/mol. The molecule has 1 unspecified atom stereocenters. The van der Waals surface area contributed by atoms with Crippen LogP contribution in [0, 0.1) is 13.8 Å². The molecule has 72 valence electrons. The third-order valence-corrected chi connectivity index (χ3v) is 2.64. The summed E-state index contributed by atoms with van der Waals surface area (Å²) in [6.07, 6.45) is 2.06. The van der Waals surface area contributed by atoms with Gasteiger partial charge in [0.2, 0.25) is 0 Å². The van der Waals surface area contributed by atoms with Gasteiger partial charge in [0.05, 0.1) is 0 Å². The van der Waals surface area contributed by atoms with Gasteiger partial charge in [-0.15, -0.1) is 0 Å². The molecule has 0 radical (unpaired) electrons. The monoisotopic (exact) mass is 177 g/mol. The molecule has 0 aliphatic heterocycles. The van der Waals surface area contributed by atoms with Crippen LogP contribution in [-0.4, -0.2) is 6.04 Å². The summed E-state index contributed by atoms with van der Waals surface area (Å²) in [5.41, 5.74) is 10.1. The second-order valence-electron chi connectivity index (χ2n) is 3.74. The molecule has 0 bridgehead atoms. The lowest BCUT2D eigenvalue weighted by Crippen LogP contribution is -2.22. The van der Waals surface area contributed by atoms with Crippen LogP contribution in [0.3, 0.4) is 0 Å². The molecule has 0 aliphatic carbocycles. The van der Waals surface area contributed by atoms with Gasteiger partial charge in [0, 0.05) is 6.04 Å². The number of aryl methyl sites for hydroxylation is 2. The minimum atomic E-state index is 0.305. The number of hydrogen-bond acceptors (Lipinski definition) is 1. The molecule has 1 heteroatoms. The summed E-state index contributed by atoms with van der Waals surface area (Å²) in [7, 11) is 0. The van der Waals surface area contributed by atoms with Gasteiger partial charge in [-0.25, -0.2) is 0 Å². The molecule has 1 aromatic carbocycles. The van der Waals surface area contributed by atoms with Crippen LogP contribution in [0.15, 0.2) is 18.2 Å². The Morgan fingerprint density at radius 2 is 1.77 bits per heavy atom. The van der Waals surface area contributed by atoms with E-state index in [2.05, 4.69) is 39.0 Å². The van der Waals surface area contributed by atoms with Crippen LogP contribution in [-0.2, 0) is 6.42 Å². The maximum atomic E-state index is 5.94. The van der Waals surface area contributed by atoms with E-state index in [0.29, 0.717) is 6.04 Å². The molecule has 1 nitrogen and oxygen atoms in total.